The van der Waals surface area contributed by atoms with E-state index in [9.17, 15) is 22.8 Å². The number of hydrogen-bond acceptors (Lipinski definition) is 4. The number of rotatable bonds is 3. The average molecular weight is 303 g/mol. The highest BCUT2D eigenvalue weighted by Gasteiger charge is 2.33. The molecule has 2 rings (SSSR count). The first kappa shape index (κ1) is 15.3. The first-order chi connectivity index (χ1) is 9.82. The third kappa shape index (κ3) is 3.33. The maximum Gasteiger partial charge on any atom is 0.416 e. The van der Waals surface area contributed by atoms with Crippen LogP contribution >= 0.6 is 0 Å². The lowest BCUT2D eigenvalue weighted by Crippen LogP contribution is -2.43. The van der Waals surface area contributed by atoms with Crippen molar-refractivity contribution in [1.29, 1.82) is 0 Å². The largest absolute Gasteiger partial charge is 0.481 e. The van der Waals surface area contributed by atoms with Crippen molar-refractivity contribution in [2.24, 2.45) is 5.92 Å². The van der Waals surface area contributed by atoms with Gasteiger partial charge in [-0.15, -0.1) is 0 Å². The van der Waals surface area contributed by atoms with E-state index in [0.717, 1.165) is 18.2 Å². The Balaban J connectivity index is 2.36. The van der Waals surface area contributed by atoms with E-state index in [1.807, 2.05) is 0 Å². The number of benzene rings is 1. The SMILES string of the molecule is O=Cc1ccc(C(F)(F)F)cc1N1COCC(C(=O)O)C1. The number of nitrogens with zero attached hydrogens (tertiary/aromatic N) is 1. The fourth-order valence-electron chi connectivity index (χ4n) is 2.09. The molecular formula is C13H12F3NO4. The number of carbonyl (C=O) groups excluding carboxylic acids is 1. The standard InChI is InChI=1S/C13H12F3NO4/c14-13(15,16)10-2-1-8(5-18)11(3-10)17-4-9(12(19)20)6-21-7-17/h1-3,5,9H,4,6-7H2,(H,19,20). The minimum Gasteiger partial charge on any atom is -0.481 e. The molecule has 1 aliphatic heterocycles. The van der Waals surface area contributed by atoms with Crippen molar-refractivity contribution in [3.63, 3.8) is 0 Å². The highest BCUT2D eigenvalue weighted by Crippen LogP contribution is 2.33. The van der Waals surface area contributed by atoms with Gasteiger partial charge in [-0.05, 0) is 18.2 Å². The first-order valence-electron chi connectivity index (χ1n) is 6.05. The summed E-state index contributed by atoms with van der Waals surface area (Å²) in [5.74, 6) is -1.95. The van der Waals surface area contributed by atoms with Crippen molar-refractivity contribution < 1.29 is 32.6 Å². The van der Waals surface area contributed by atoms with E-state index in [0.29, 0.717) is 6.29 Å². The highest BCUT2D eigenvalue weighted by molar-refractivity contribution is 5.85. The second-order valence-corrected chi connectivity index (χ2v) is 4.65. The quantitative estimate of drug-likeness (QED) is 0.865. The van der Waals surface area contributed by atoms with Crippen LogP contribution in [0.3, 0.4) is 0 Å². The van der Waals surface area contributed by atoms with E-state index < -0.39 is 23.6 Å². The van der Waals surface area contributed by atoms with Crippen molar-refractivity contribution in [1.82, 2.24) is 0 Å². The van der Waals surface area contributed by atoms with Crippen molar-refractivity contribution in [3.8, 4) is 0 Å². The van der Waals surface area contributed by atoms with Crippen molar-refractivity contribution in [2.45, 2.75) is 6.18 Å². The number of aldehydes is 1. The highest BCUT2D eigenvalue weighted by atomic mass is 19.4. The maximum atomic E-state index is 12.7. The number of halogens is 3. The van der Waals surface area contributed by atoms with Crippen molar-refractivity contribution >= 4 is 17.9 Å². The summed E-state index contributed by atoms with van der Waals surface area (Å²) >= 11 is 0. The van der Waals surface area contributed by atoms with Gasteiger partial charge in [0.1, 0.15) is 6.73 Å². The van der Waals surface area contributed by atoms with Crippen molar-refractivity contribution in [3.05, 3.63) is 29.3 Å². The number of alkyl halides is 3. The Bertz CT molecular complexity index is 559. The van der Waals surface area contributed by atoms with E-state index in [1.54, 1.807) is 0 Å². The summed E-state index contributed by atoms with van der Waals surface area (Å²) in [6.45, 7) is -0.0926. The number of hydrogen-bond donors (Lipinski definition) is 1. The molecule has 1 fully saturated rings. The lowest BCUT2D eigenvalue weighted by Gasteiger charge is -2.33. The molecule has 1 heterocycles. The molecule has 0 radical (unpaired) electrons. The molecule has 1 atom stereocenters. The zero-order valence-corrected chi connectivity index (χ0v) is 10.8. The summed E-state index contributed by atoms with van der Waals surface area (Å²) in [6, 6.07) is 2.71. The summed E-state index contributed by atoms with van der Waals surface area (Å²) < 4.78 is 43.3. The molecule has 0 aliphatic carbocycles. The molecule has 5 nitrogen and oxygen atoms in total. The second-order valence-electron chi connectivity index (χ2n) is 4.65. The summed E-state index contributed by atoms with van der Waals surface area (Å²) in [6.07, 6.45) is -4.11. The van der Waals surface area contributed by atoms with Crippen LogP contribution in [0, 0.1) is 5.92 Å². The fourth-order valence-corrected chi connectivity index (χ4v) is 2.09. The molecule has 1 unspecified atom stereocenters. The normalized spacial score (nSPS) is 19.4. The maximum absolute atomic E-state index is 12.7. The van der Waals surface area contributed by atoms with Gasteiger partial charge in [-0.25, -0.2) is 0 Å². The number of carboxylic acid groups (broad SMARTS) is 1. The third-order valence-corrected chi connectivity index (χ3v) is 3.18. The molecule has 21 heavy (non-hydrogen) atoms. The van der Waals surface area contributed by atoms with Gasteiger partial charge in [-0.2, -0.15) is 13.2 Å². The van der Waals surface area contributed by atoms with Gasteiger partial charge in [0.15, 0.2) is 6.29 Å². The van der Waals surface area contributed by atoms with Crippen LogP contribution in [-0.2, 0) is 15.7 Å². The van der Waals surface area contributed by atoms with E-state index in [2.05, 4.69) is 0 Å². The number of ether oxygens (including phenoxy) is 1. The summed E-state index contributed by atoms with van der Waals surface area (Å²) in [5, 5.41) is 8.96. The molecule has 0 saturated carbocycles. The molecule has 0 aromatic heterocycles. The van der Waals surface area contributed by atoms with Crippen molar-refractivity contribution in [2.75, 3.05) is 24.8 Å². The molecule has 1 aromatic rings. The molecule has 0 spiro atoms. The Morgan fingerprint density at radius 1 is 1.43 bits per heavy atom. The fraction of sp³-hybridized carbons (Fsp3) is 0.385. The topological polar surface area (TPSA) is 66.8 Å². The molecule has 8 heteroatoms. The second kappa shape index (κ2) is 5.72. The number of anilines is 1. The van der Waals surface area contributed by atoms with E-state index in [1.165, 1.54) is 4.90 Å². The lowest BCUT2D eigenvalue weighted by atomic mass is 10.1. The average Bonchev–Trinajstić information content (AvgIpc) is 2.45. The van der Waals surface area contributed by atoms with Gasteiger partial charge >= 0.3 is 12.1 Å². The van der Waals surface area contributed by atoms with Crippen LogP contribution in [0.2, 0.25) is 0 Å². The Morgan fingerprint density at radius 3 is 2.71 bits per heavy atom. The molecule has 0 amide bonds. The first-order valence-corrected chi connectivity index (χ1v) is 6.05. The number of carbonyl (C=O) groups is 2. The predicted octanol–water partition coefficient (Wildman–Crippen LogP) is 2.01. The van der Waals surface area contributed by atoms with Crippen LogP contribution in [0.5, 0.6) is 0 Å². The third-order valence-electron chi connectivity index (χ3n) is 3.18. The molecule has 0 bridgehead atoms. The van der Waals surface area contributed by atoms with Gasteiger partial charge in [0.25, 0.3) is 0 Å². The Hall–Kier alpha value is -2.09. The Kier molecular flexibility index (Phi) is 4.17. The van der Waals surface area contributed by atoms with Crippen LogP contribution in [0.25, 0.3) is 0 Å². The van der Waals surface area contributed by atoms with Gasteiger partial charge in [0.05, 0.1) is 18.1 Å². The van der Waals surface area contributed by atoms with Crippen LogP contribution in [0.15, 0.2) is 18.2 Å². The minimum atomic E-state index is -4.54. The van der Waals surface area contributed by atoms with E-state index in [4.69, 9.17) is 9.84 Å². The minimum absolute atomic E-state index is 0.0127. The number of carboxylic acids is 1. The lowest BCUT2D eigenvalue weighted by molar-refractivity contribution is -0.145. The number of aliphatic carboxylic acids is 1. The van der Waals surface area contributed by atoms with Crippen LogP contribution < -0.4 is 4.90 Å². The van der Waals surface area contributed by atoms with Crippen LogP contribution in [0.1, 0.15) is 15.9 Å². The monoisotopic (exact) mass is 303 g/mol. The van der Waals surface area contributed by atoms with Gasteiger partial charge in [0, 0.05) is 17.8 Å². The van der Waals surface area contributed by atoms with Gasteiger partial charge in [-0.3, -0.25) is 9.59 Å². The van der Waals surface area contributed by atoms with Gasteiger partial charge < -0.3 is 14.7 Å². The van der Waals surface area contributed by atoms with E-state index in [-0.39, 0.29) is 31.1 Å². The summed E-state index contributed by atoms with van der Waals surface area (Å²) in [5.41, 5.74) is -0.830. The van der Waals surface area contributed by atoms with Crippen LogP contribution in [0.4, 0.5) is 18.9 Å². The predicted molar refractivity (Wildman–Crippen MR) is 66.1 cm³/mol. The summed E-state index contributed by atoms with van der Waals surface area (Å²) in [4.78, 5) is 23.3. The van der Waals surface area contributed by atoms with Gasteiger partial charge in [0.2, 0.25) is 0 Å². The Labute approximate surface area is 117 Å². The van der Waals surface area contributed by atoms with E-state index >= 15 is 0 Å². The molecule has 1 N–H and O–H groups in total. The molecule has 1 aliphatic rings. The van der Waals surface area contributed by atoms with Crippen LogP contribution in [-0.4, -0.2) is 37.2 Å². The smallest absolute Gasteiger partial charge is 0.416 e. The summed E-state index contributed by atoms with van der Waals surface area (Å²) in [7, 11) is 0. The zero-order chi connectivity index (χ0) is 15.6. The molecular weight excluding hydrogens is 291 g/mol. The molecule has 1 saturated heterocycles. The zero-order valence-electron chi connectivity index (χ0n) is 10.8. The molecule has 114 valence electrons. The Morgan fingerprint density at radius 2 is 2.14 bits per heavy atom. The molecule has 1 aromatic carbocycles. The van der Waals surface area contributed by atoms with Gasteiger partial charge in [-0.1, -0.05) is 0 Å².